The normalized spacial score (nSPS) is 13.9. The van der Waals surface area contributed by atoms with Crippen LogP contribution in [0.4, 0.5) is 11.5 Å². The van der Waals surface area contributed by atoms with Gasteiger partial charge in [0.25, 0.3) is 0 Å². The van der Waals surface area contributed by atoms with Crippen LogP contribution in [0.3, 0.4) is 0 Å². The van der Waals surface area contributed by atoms with Crippen molar-refractivity contribution >= 4 is 46.9 Å². The van der Waals surface area contributed by atoms with Crippen LogP contribution in [0.15, 0.2) is 41.7 Å². The van der Waals surface area contributed by atoms with Gasteiger partial charge in [-0.25, -0.2) is 14.8 Å². The van der Waals surface area contributed by atoms with E-state index in [2.05, 4.69) is 20.2 Å². The Labute approximate surface area is 166 Å². The minimum Gasteiger partial charge on any atom is -0.465 e. The number of amides is 1. The van der Waals surface area contributed by atoms with E-state index in [4.69, 9.17) is 4.74 Å². The minimum absolute atomic E-state index is 0.170. The number of methoxy groups -OCH3 is 1. The Morgan fingerprint density at radius 3 is 2.74 bits per heavy atom. The molecule has 1 saturated heterocycles. The zero-order valence-electron chi connectivity index (χ0n) is 14.9. The first-order chi connectivity index (χ1) is 13.2. The number of carbonyl (C=O) groups is 2. The molecule has 0 bridgehead atoms. The van der Waals surface area contributed by atoms with Gasteiger partial charge in [-0.1, -0.05) is 23.9 Å². The van der Waals surface area contributed by atoms with Crippen molar-refractivity contribution in [1.82, 2.24) is 9.97 Å². The van der Waals surface area contributed by atoms with E-state index in [1.807, 2.05) is 11.8 Å². The van der Waals surface area contributed by atoms with Crippen molar-refractivity contribution in [2.45, 2.75) is 5.03 Å². The molecule has 1 fully saturated rings. The molecule has 1 aromatic carbocycles. The maximum Gasteiger partial charge on any atom is 0.339 e. The average molecular weight is 405 g/mol. The van der Waals surface area contributed by atoms with Crippen LogP contribution < -0.4 is 10.2 Å². The third-order valence-corrected chi connectivity index (χ3v) is 5.81. The molecule has 0 spiro atoms. The molecule has 0 aliphatic carbocycles. The van der Waals surface area contributed by atoms with Crippen molar-refractivity contribution in [2.24, 2.45) is 0 Å². The molecule has 1 amide bonds. The van der Waals surface area contributed by atoms with Crippen LogP contribution >= 0.6 is 23.5 Å². The largest absolute Gasteiger partial charge is 0.465 e. The van der Waals surface area contributed by atoms with Gasteiger partial charge in [-0.3, -0.25) is 4.79 Å². The number of benzene rings is 1. The highest BCUT2D eigenvalue weighted by Gasteiger charge is 2.18. The lowest BCUT2D eigenvalue weighted by molar-refractivity contribution is -0.113. The highest BCUT2D eigenvalue weighted by molar-refractivity contribution is 8.00. The SMILES string of the molecule is COC(=O)c1ccccc1NC(=O)CSc1nccnc1N1CCSCC1. The van der Waals surface area contributed by atoms with E-state index in [0.717, 1.165) is 35.4 Å². The predicted octanol–water partition coefficient (Wildman–Crippen LogP) is 2.55. The Morgan fingerprint density at radius 1 is 1.22 bits per heavy atom. The van der Waals surface area contributed by atoms with E-state index < -0.39 is 5.97 Å². The first kappa shape index (κ1) is 19.5. The summed E-state index contributed by atoms with van der Waals surface area (Å²) in [6.45, 7) is 1.85. The first-order valence-corrected chi connectivity index (χ1v) is 10.6. The molecule has 3 rings (SSSR count). The molecule has 142 valence electrons. The number of hydrogen-bond acceptors (Lipinski definition) is 8. The van der Waals surface area contributed by atoms with Gasteiger partial charge >= 0.3 is 5.97 Å². The van der Waals surface area contributed by atoms with Gasteiger partial charge < -0.3 is 15.0 Å². The van der Waals surface area contributed by atoms with Crippen molar-refractivity contribution in [3.63, 3.8) is 0 Å². The number of para-hydroxylation sites is 1. The zero-order chi connectivity index (χ0) is 19.1. The van der Waals surface area contributed by atoms with Crippen LogP contribution in [-0.4, -0.2) is 59.3 Å². The summed E-state index contributed by atoms with van der Waals surface area (Å²) in [4.78, 5) is 35.2. The van der Waals surface area contributed by atoms with Gasteiger partial charge in [-0.2, -0.15) is 11.8 Å². The first-order valence-electron chi connectivity index (χ1n) is 8.42. The predicted molar refractivity (Wildman–Crippen MR) is 109 cm³/mol. The lowest BCUT2D eigenvalue weighted by Gasteiger charge is -2.28. The fraction of sp³-hybridized carbons (Fsp3) is 0.333. The molecule has 1 aromatic heterocycles. The van der Waals surface area contributed by atoms with E-state index in [-0.39, 0.29) is 11.7 Å². The molecule has 9 heteroatoms. The maximum absolute atomic E-state index is 12.4. The van der Waals surface area contributed by atoms with Crippen LogP contribution in [0, 0.1) is 0 Å². The topological polar surface area (TPSA) is 84.4 Å². The van der Waals surface area contributed by atoms with Crippen LogP contribution in [0.2, 0.25) is 0 Å². The Bertz CT molecular complexity index is 813. The van der Waals surface area contributed by atoms with Gasteiger partial charge in [0, 0.05) is 37.0 Å². The van der Waals surface area contributed by atoms with Gasteiger partial charge in [0.05, 0.1) is 24.1 Å². The number of nitrogens with one attached hydrogen (secondary N) is 1. The summed E-state index contributed by atoms with van der Waals surface area (Å²) in [6.07, 6.45) is 3.31. The van der Waals surface area contributed by atoms with Crippen LogP contribution in [0.25, 0.3) is 0 Å². The number of rotatable bonds is 6. The van der Waals surface area contributed by atoms with Crippen LogP contribution in [0.1, 0.15) is 10.4 Å². The van der Waals surface area contributed by atoms with E-state index >= 15 is 0 Å². The minimum atomic E-state index is -0.488. The van der Waals surface area contributed by atoms with Crippen molar-refractivity contribution < 1.29 is 14.3 Å². The number of ether oxygens (including phenoxy) is 1. The highest BCUT2D eigenvalue weighted by Crippen LogP contribution is 2.28. The van der Waals surface area contributed by atoms with E-state index in [0.29, 0.717) is 11.3 Å². The van der Waals surface area contributed by atoms with Crippen molar-refractivity contribution in [2.75, 3.05) is 47.7 Å². The molecule has 0 saturated carbocycles. The molecular formula is C18H20N4O3S2. The molecule has 0 radical (unpaired) electrons. The van der Waals surface area contributed by atoms with Crippen molar-refractivity contribution in [1.29, 1.82) is 0 Å². The summed E-state index contributed by atoms with van der Waals surface area (Å²) in [6, 6.07) is 6.77. The summed E-state index contributed by atoms with van der Waals surface area (Å²) in [5.74, 6) is 2.41. The van der Waals surface area contributed by atoms with Crippen LogP contribution in [-0.2, 0) is 9.53 Å². The highest BCUT2D eigenvalue weighted by atomic mass is 32.2. The molecule has 27 heavy (non-hydrogen) atoms. The van der Waals surface area contributed by atoms with Gasteiger partial charge in [0.1, 0.15) is 5.03 Å². The Kier molecular flexibility index (Phi) is 6.94. The summed E-state index contributed by atoms with van der Waals surface area (Å²) < 4.78 is 4.75. The molecular weight excluding hydrogens is 384 g/mol. The van der Waals surface area contributed by atoms with Gasteiger partial charge in [0.15, 0.2) is 5.82 Å². The van der Waals surface area contributed by atoms with Gasteiger partial charge in [-0.15, -0.1) is 0 Å². The number of nitrogens with zero attached hydrogens (tertiary/aromatic N) is 3. The second-order valence-electron chi connectivity index (χ2n) is 5.66. The molecule has 0 unspecified atom stereocenters. The molecule has 1 N–H and O–H groups in total. The molecule has 1 aliphatic rings. The molecule has 2 heterocycles. The van der Waals surface area contributed by atoms with E-state index in [1.54, 1.807) is 36.7 Å². The summed E-state index contributed by atoms with van der Waals surface area (Å²) >= 11 is 3.26. The number of anilines is 2. The van der Waals surface area contributed by atoms with Crippen molar-refractivity contribution in [3.05, 3.63) is 42.2 Å². The second-order valence-corrected chi connectivity index (χ2v) is 7.85. The fourth-order valence-electron chi connectivity index (χ4n) is 2.61. The van der Waals surface area contributed by atoms with E-state index in [9.17, 15) is 9.59 Å². The quantitative estimate of drug-likeness (QED) is 0.581. The number of carbonyl (C=O) groups excluding carboxylic acids is 2. The summed E-state index contributed by atoms with van der Waals surface area (Å²) in [7, 11) is 1.31. The summed E-state index contributed by atoms with van der Waals surface area (Å²) in [5.41, 5.74) is 0.756. The van der Waals surface area contributed by atoms with E-state index in [1.165, 1.54) is 18.9 Å². The third kappa shape index (κ3) is 5.14. The second kappa shape index (κ2) is 9.61. The Hall–Kier alpha value is -2.26. The molecule has 1 aliphatic heterocycles. The number of esters is 1. The zero-order valence-corrected chi connectivity index (χ0v) is 16.5. The fourth-order valence-corrected chi connectivity index (χ4v) is 4.30. The average Bonchev–Trinajstić information content (AvgIpc) is 2.73. The van der Waals surface area contributed by atoms with Crippen LogP contribution in [0.5, 0.6) is 0 Å². The third-order valence-electron chi connectivity index (χ3n) is 3.90. The molecule has 0 atom stereocenters. The lowest BCUT2D eigenvalue weighted by atomic mass is 10.2. The van der Waals surface area contributed by atoms with Crippen molar-refractivity contribution in [3.8, 4) is 0 Å². The molecule has 7 nitrogen and oxygen atoms in total. The number of aromatic nitrogens is 2. The number of hydrogen-bond donors (Lipinski definition) is 1. The Balaban J connectivity index is 1.64. The monoisotopic (exact) mass is 404 g/mol. The summed E-state index contributed by atoms with van der Waals surface area (Å²) in [5, 5.41) is 3.51. The smallest absolute Gasteiger partial charge is 0.339 e. The Morgan fingerprint density at radius 2 is 1.96 bits per heavy atom. The standard InChI is InChI=1S/C18H20N4O3S2/c1-25-18(24)13-4-2-3-5-14(13)21-15(23)12-27-17-16(19-6-7-20-17)22-8-10-26-11-9-22/h2-7H,8-12H2,1H3,(H,21,23). The maximum atomic E-state index is 12.4. The van der Waals surface area contributed by atoms with Gasteiger partial charge in [-0.05, 0) is 12.1 Å². The number of thioether (sulfide) groups is 2. The lowest BCUT2D eigenvalue weighted by Crippen LogP contribution is -2.33. The van der Waals surface area contributed by atoms with Gasteiger partial charge in [0.2, 0.25) is 5.91 Å². The molecule has 2 aromatic rings.